The van der Waals surface area contributed by atoms with E-state index in [9.17, 15) is 9.59 Å². The molecule has 1 fully saturated rings. The van der Waals surface area contributed by atoms with E-state index in [1.165, 1.54) is 0 Å². The van der Waals surface area contributed by atoms with Gasteiger partial charge in [0.05, 0.1) is 16.7 Å². The summed E-state index contributed by atoms with van der Waals surface area (Å²) in [4.78, 5) is 41.8. The van der Waals surface area contributed by atoms with Crippen molar-refractivity contribution in [2.75, 3.05) is 7.05 Å². The molecule has 1 atom stereocenters. The molecule has 1 unspecified atom stereocenters. The van der Waals surface area contributed by atoms with Crippen molar-refractivity contribution < 1.29 is 33.2 Å². The Morgan fingerprint density at radius 3 is 1.97 bits per heavy atom. The Balaban J connectivity index is 0.00000282. The van der Waals surface area contributed by atoms with Crippen molar-refractivity contribution in [3.05, 3.63) is 0 Å². The fraction of sp³-hybridized carbons (Fsp3) is 0.864. The third-order valence-electron chi connectivity index (χ3n) is 6.13. The Hall–Kier alpha value is -1.70. The van der Waals surface area contributed by atoms with E-state index >= 15 is 0 Å². The summed E-state index contributed by atoms with van der Waals surface area (Å²) >= 11 is 0. The van der Waals surface area contributed by atoms with Gasteiger partial charge in [-0.2, -0.15) is 9.59 Å². The van der Waals surface area contributed by atoms with Gasteiger partial charge >= 0.3 is 19.4 Å². The van der Waals surface area contributed by atoms with Crippen LogP contribution in [-0.2, 0) is 28.4 Å². The number of amides is 1. The average molecular weight is 441 g/mol. The van der Waals surface area contributed by atoms with Crippen LogP contribution in [-0.4, -0.2) is 59.9 Å². The van der Waals surface area contributed by atoms with Crippen LogP contribution in [0.15, 0.2) is 0 Å². The summed E-state index contributed by atoms with van der Waals surface area (Å²) in [5.41, 5.74) is -1.73. The standard InChI is InChI=1S/C21H40BNO5.CO2/c1-10-21(14-16-24,23(9)17(25)26-18(2,3)4)13-11-12-15-22-27-19(5,6)20(7,8)28-22;2-1-3/h16H,10-15H2,1-9H3;. The maximum absolute atomic E-state index is 12.6. The predicted octanol–water partition coefficient (Wildman–Crippen LogP) is 4.27. The average Bonchev–Trinajstić information content (AvgIpc) is 2.83. The van der Waals surface area contributed by atoms with Crippen LogP contribution in [0.2, 0.25) is 6.32 Å². The number of ether oxygens (including phenoxy) is 1. The number of carbonyl (C=O) groups is 2. The van der Waals surface area contributed by atoms with Gasteiger partial charge in [-0.3, -0.25) is 0 Å². The monoisotopic (exact) mass is 441 g/mol. The van der Waals surface area contributed by atoms with Gasteiger partial charge in [-0.15, -0.1) is 0 Å². The minimum Gasteiger partial charge on any atom is -0.444 e. The molecule has 0 aliphatic carbocycles. The Morgan fingerprint density at radius 1 is 1.10 bits per heavy atom. The molecule has 1 aliphatic rings. The number of unbranched alkanes of at least 4 members (excludes halogenated alkanes) is 1. The molecule has 0 saturated carbocycles. The number of hydrogen-bond acceptors (Lipinski definition) is 7. The van der Waals surface area contributed by atoms with Crippen LogP contribution in [0.3, 0.4) is 0 Å². The van der Waals surface area contributed by atoms with Gasteiger partial charge < -0.3 is 23.7 Å². The van der Waals surface area contributed by atoms with Crippen molar-refractivity contribution >= 4 is 25.6 Å². The Bertz CT molecular complexity index is 608. The molecular formula is C22H40BNO7. The first kappa shape index (κ1) is 29.3. The van der Waals surface area contributed by atoms with Gasteiger partial charge in [0.2, 0.25) is 0 Å². The number of carbonyl (C=O) groups excluding carboxylic acids is 4. The Labute approximate surface area is 187 Å². The smallest absolute Gasteiger partial charge is 0.444 e. The van der Waals surface area contributed by atoms with E-state index in [1.54, 1.807) is 11.9 Å². The number of hydrogen-bond donors (Lipinski definition) is 0. The van der Waals surface area contributed by atoms with E-state index in [4.69, 9.17) is 23.6 Å². The first-order valence-electron chi connectivity index (χ1n) is 10.9. The van der Waals surface area contributed by atoms with Crippen molar-refractivity contribution in [3.8, 4) is 0 Å². The lowest BCUT2D eigenvalue weighted by Crippen LogP contribution is -2.51. The topological polar surface area (TPSA) is 99.2 Å². The van der Waals surface area contributed by atoms with Gasteiger partial charge in [-0.05, 0) is 67.6 Å². The molecule has 0 N–H and O–H groups in total. The summed E-state index contributed by atoms with van der Waals surface area (Å²) in [7, 11) is 1.52. The van der Waals surface area contributed by atoms with E-state index < -0.39 is 11.1 Å². The van der Waals surface area contributed by atoms with Gasteiger partial charge in [0.15, 0.2) is 0 Å². The molecule has 8 nitrogen and oxygen atoms in total. The van der Waals surface area contributed by atoms with Crippen LogP contribution < -0.4 is 0 Å². The lowest BCUT2D eigenvalue weighted by Gasteiger charge is -2.41. The summed E-state index contributed by atoms with van der Waals surface area (Å²) in [6.45, 7) is 15.7. The molecule has 0 radical (unpaired) electrons. The molecule has 1 amide bonds. The molecule has 0 aromatic rings. The Kier molecular flexibility index (Phi) is 11.1. The highest BCUT2D eigenvalue weighted by Crippen LogP contribution is 2.38. The highest BCUT2D eigenvalue weighted by Gasteiger charge is 2.50. The first-order valence-corrected chi connectivity index (χ1v) is 10.9. The van der Waals surface area contributed by atoms with Crippen LogP contribution in [0.1, 0.15) is 87.5 Å². The Morgan fingerprint density at radius 2 is 1.58 bits per heavy atom. The summed E-state index contributed by atoms with van der Waals surface area (Å²) in [6, 6.07) is 0. The van der Waals surface area contributed by atoms with E-state index in [1.807, 2.05) is 27.7 Å². The van der Waals surface area contributed by atoms with Crippen LogP contribution in [0.4, 0.5) is 4.79 Å². The molecule has 1 heterocycles. The normalized spacial score (nSPS) is 18.8. The summed E-state index contributed by atoms with van der Waals surface area (Å²) in [5, 5.41) is 0. The molecule has 1 rings (SSSR count). The lowest BCUT2D eigenvalue weighted by atomic mass is 9.79. The fourth-order valence-corrected chi connectivity index (χ4v) is 3.49. The lowest BCUT2D eigenvalue weighted by molar-refractivity contribution is -0.191. The summed E-state index contributed by atoms with van der Waals surface area (Å²) in [6.07, 6.45) is 5.06. The van der Waals surface area contributed by atoms with Crippen molar-refractivity contribution in [1.29, 1.82) is 0 Å². The first-order chi connectivity index (χ1) is 14.1. The molecular weight excluding hydrogens is 401 g/mol. The molecule has 0 spiro atoms. The van der Waals surface area contributed by atoms with Gasteiger partial charge in [-0.25, -0.2) is 4.79 Å². The molecule has 0 aromatic carbocycles. The van der Waals surface area contributed by atoms with Crippen LogP contribution in [0.5, 0.6) is 0 Å². The molecule has 178 valence electrons. The van der Waals surface area contributed by atoms with E-state index in [-0.39, 0.29) is 30.6 Å². The molecule has 0 bridgehead atoms. The minimum atomic E-state index is -0.567. The summed E-state index contributed by atoms with van der Waals surface area (Å²) < 4.78 is 17.6. The zero-order valence-corrected chi connectivity index (χ0v) is 20.7. The highest BCUT2D eigenvalue weighted by atomic mass is 16.7. The maximum Gasteiger partial charge on any atom is 0.457 e. The molecule has 1 aliphatic heterocycles. The van der Waals surface area contributed by atoms with Crippen LogP contribution in [0, 0.1) is 0 Å². The van der Waals surface area contributed by atoms with Gasteiger partial charge in [0, 0.05) is 13.5 Å². The fourth-order valence-electron chi connectivity index (χ4n) is 3.49. The van der Waals surface area contributed by atoms with E-state index in [2.05, 4.69) is 27.7 Å². The van der Waals surface area contributed by atoms with Crippen LogP contribution >= 0.6 is 0 Å². The minimum absolute atomic E-state index is 0.212. The predicted molar refractivity (Wildman–Crippen MR) is 117 cm³/mol. The number of rotatable bonds is 9. The van der Waals surface area contributed by atoms with Gasteiger partial charge in [0.1, 0.15) is 11.9 Å². The second kappa shape index (κ2) is 11.8. The third kappa shape index (κ3) is 8.75. The van der Waals surface area contributed by atoms with Gasteiger partial charge in [-0.1, -0.05) is 19.8 Å². The highest BCUT2D eigenvalue weighted by molar-refractivity contribution is 6.45. The van der Waals surface area contributed by atoms with Crippen molar-refractivity contribution in [2.45, 2.75) is 116 Å². The molecule has 9 heteroatoms. The van der Waals surface area contributed by atoms with Crippen LogP contribution in [0.25, 0.3) is 0 Å². The SMILES string of the molecule is CCC(CC=O)(CCCCB1OC(C)(C)C(C)(C)O1)N(C)C(=O)OC(C)(C)C.O=C=O. The zero-order valence-electron chi connectivity index (χ0n) is 20.7. The maximum atomic E-state index is 12.6. The second-order valence-electron chi connectivity index (χ2n) is 10.0. The quantitative estimate of drug-likeness (QED) is 0.299. The summed E-state index contributed by atoms with van der Waals surface area (Å²) in [5.74, 6) is 0. The number of nitrogens with zero attached hydrogens (tertiary/aromatic N) is 1. The zero-order chi connectivity index (χ0) is 24.5. The van der Waals surface area contributed by atoms with Gasteiger partial charge in [0.25, 0.3) is 0 Å². The molecule has 0 aromatic heterocycles. The van der Waals surface area contributed by atoms with Crippen molar-refractivity contribution in [1.82, 2.24) is 4.90 Å². The number of aldehydes is 1. The van der Waals surface area contributed by atoms with E-state index in [0.29, 0.717) is 12.8 Å². The largest absolute Gasteiger partial charge is 0.457 e. The second-order valence-corrected chi connectivity index (χ2v) is 10.0. The van der Waals surface area contributed by atoms with E-state index in [0.717, 1.165) is 31.9 Å². The molecule has 31 heavy (non-hydrogen) atoms. The van der Waals surface area contributed by atoms with Crippen molar-refractivity contribution in [3.63, 3.8) is 0 Å². The third-order valence-corrected chi connectivity index (χ3v) is 6.13. The molecule has 1 saturated heterocycles. The van der Waals surface area contributed by atoms with Crippen molar-refractivity contribution in [2.24, 2.45) is 0 Å².